The predicted octanol–water partition coefficient (Wildman–Crippen LogP) is 18.6. The first-order chi connectivity index (χ1) is 57.6. The van der Waals surface area contributed by atoms with Crippen molar-refractivity contribution < 1.29 is 41.6 Å². The van der Waals surface area contributed by atoms with Gasteiger partial charge < -0.3 is 14.2 Å². The van der Waals surface area contributed by atoms with Gasteiger partial charge >= 0.3 is 33.9 Å². The van der Waals surface area contributed by atoms with E-state index in [-0.39, 0.29) is 0 Å². The van der Waals surface area contributed by atoms with E-state index in [0.29, 0.717) is 0 Å². The molecular weight excluding hydrogens is 1440 g/mol. The summed E-state index contributed by atoms with van der Waals surface area (Å²) in [4.78, 5) is 14.5. The highest BCUT2D eigenvalue weighted by Gasteiger charge is 2.72. The van der Waals surface area contributed by atoms with Crippen molar-refractivity contribution in [3.63, 3.8) is 0 Å². The van der Waals surface area contributed by atoms with Crippen LogP contribution in [-0.2, 0) is 17.0 Å². The molecule has 0 radical (unpaired) electrons. The van der Waals surface area contributed by atoms with E-state index in [1.807, 2.05) is 36.9 Å². The standard InChI is InChI=1S/3C34H22N4O/c1-19-8-5-9-20(2)28(19)25-18-37-33-29-21(22-11-7-16-35-32(22)38(25)33)14-15-27-31(29)34(37)30-23(10-6-13-26(30)39-27)24-12-3-4-17-36(24)34;1-19-8-5-9-20(2)28(19)25-18-37-33-29-22(32-24(38(25)33)12-7-16-35-32)14-15-27-31(29)34(37)30-21(10-6-13-26(30)39-27)23-11-3-4-17-36(23)34;1-19-7-5-8-20(2)29(19)26-18-37-33-30-21(23-17-35-15-14-25(23)38(26)33)12-13-28-32(30)34(37)31-22(9-6-11-27(31)39-28)24-10-3-4-16-36(24)34/h3*3-18H,1-2H3/q3*+2. The Morgan fingerprint density at radius 3 is 1.15 bits per heavy atom. The van der Waals surface area contributed by atoms with E-state index in [1.54, 1.807) is 0 Å². The molecule has 21 aromatic rings. The van der Waals surface area contributed by atoms with E-state index in [9.17, 15) is 0 Å². The predicted molar refractivity (Wildman–Crippen MR) is 447 cm³/mol. The molecule has 3 atom stereocenters. The normalized spacial score (nSPS) is 17.3. The fourth-order valence-electron chi connectivity index (χ4n) is 23.4. The molecule has 3 unspecified atom stereocenters. The average molecular weight is 1510 g/mol. The molecule has 0 saturated heterocycles. The van der Waals surface area contributed by atoms with Crippen molar-refractivity contribution in [3.05, 3.63) is 359 Å². The molecule has 30 rings (SSSR count). The molecule has 0 amide bonds. The van der Waals surface area contributed by atoms with Crippen molar-refractivity contribution in [1.29, 1.82) is 0 Å². The van der Waals surface area contributed by atoms with Crippen molar-refractivity contribution >= 4 is 82.2 Å². The summed E-state index contributed by atoms with van der Waals surface area (Å²) in [6.07, 6.45) is 21.5. The van der Waals surface area contributed by atoms with Crippen LogP contribution in [0.15, 0.2) is 292 Å². The molecule has 0 N–H and O–H groups in total. The van der Waals surface area contributed by atoms with Gasteiger partial charge in [-0.2, -0.15) is 26.9 Å². The first kappa shape index (κ1) is 62.4. The van der Waals surface area contributed by atoms with Gasteiger partial charge in [0.25, 0.3) is 0 Å². The summed E-state index contributed by atoms with van der Waals surface area (Å²) >= 11 is 0. The first-order valence-electron chi connectivity index (χ1n) is 40.2. The zero-order valence-electron chi connectivity index (χ0n) is 64.3. The van der Waals surface area contributed by atoms with Crippen LogP contribution in [0.3, 0.4) is 0 Å². The highest BCUT2D eigenvalue weighted by atomic mass is 16.5. The molecule has 9 aliphatic heterocycles. The van der Waals surface area contributed by atoms with Crippen LogP contribution in [0.25, 0.3) is 150 Å². The van der Waals surface area contributed by atoms with E-state index in [2.05, 4.69) is 343 Å². The third-order valence-electron chi connectivity index (χ3n) is 27.4. The molecule has 0 aliphatic carbocycles. The van der Waals surface area contributed by atoms with E-state index in [4.69, 9.17) is 24.2 Å². The number of fused-ring (bicyclic) bond motifs is 15. The number of aromatic nitrogens is 12. The monoisotopic (exact) mass is 1510 g/mol. The lowest BCUT2D eigenvalue weighted by Crippen LogP contribution is -2.71. The summed E-state index contributed by atoms with van der Waals surface area (Å²) in [6.45, 7) is 13.3. The highest BCUT2D eigenvalue weighted by molar-refractivity contribution is 6.17. The Morgan fingerprint density at radius 2 is 0.675 bits per heavy atom. The number of hydrogen-bond donors (Lipinski definition) is 0. The van der Waals surface area contributed by atoms with Crippen LogP contribution in [-0.4, -0.2) is 28.2 Å². The maximum atomic E-state index is 6.70. The molecule has 9 aliphatic rings. The Balaban J connectivity index is 0.0000000917. The molecule has 0 fully saturated rings. The van der Waals surface area contributed by atoms with Gasteiger partial charge in [0, 0.05) is 105 Å². The molecule has 117 heavy (non-hydrogen) atoms. The summed E-state index contributed by atoms with van der Waals surface area (Å²) in [7, 11) is 0. The lowest BCUT2D eigenvalue weighted by atomic mass is 9.85. The Labute approximate surface area is 667 Å². The zero-order valence-corrected chi connectivity index (χ0v) is 64.3. The Hall–Kier alpha value is -15.1. The SMILES string of the molecule is Cc1cccc(C)c1-c1c[n+]2c3c4c5c(ccc4c4cccnc4n13)Oc1cccc3c1C52[n+]1ccccc1-3.Cc1cccc(C)c1-c1c[n+]2c3c4c5c(ccc4c4cnccc4n13)Oc1cccc3c1C52[n+]1ccccc1-3.Cc1cccc(C)c1-c1c[n+]2c3c4c5c(ccc4c4ncccc4n13)Oc1cccc3c1C52[n+]1ccccc1-3. The van der Waals surface area contributed by atoms with Gasteiger partial charge in [0.1, 0.15) is 97.5 Å². The number of rotatable bonds is 3. The number of benzene rings is 9. The van der Waals surface area contributed by atoms with Crippen LogP contribution < -0.4 is 41.6 Å². The Kier molecular flexibility index (Phi) is 11.2. The minimum absolute atomic E-state index is 0.581. The molecule has 0 saturated carbocycles. The number of nitrogens with zero attached hydrogens (tertiary/aromatic N) is 12. The molecule has 15 nitrogen and oxygen atoms in total. The molecule has 0 bridgehead atoms. The topological polar surface area (TPSA) is 103 Å². The summed E-state index contributed by atoms with van der Waals surface area (Å²) in [5.74, 6) is 5.49. The fraction of sp³-hybridized carbons (Fsp3) is 0.0882. The lowest BCUT2D eigenvalue weighted by Gasteiger charge is -2.27. The number of imidazole rings is 3. The van der Waals surface area contributed by atoms with E-state index >= 15 is 0 Å². The summed E-state index contributed by atoms with van der Waals surface area (Å²) < 4.78 is 42.3. The highest BCUT2D eigenvalue weighted by Crippen LogP contribution is 2.62. The smallest absolute Gasteiger partial charge is 0.371 e. The Morgan fingerprint density at radius 1 is 0.291 bits per heavy atom. The first-order valence-corrected chi connectivity index (χ1v) is 40.2. The van der Waals surface area contributed by atoms with Crippen LogP contribution >= 0.6 is 0 Å². The minimum atomic E-state index is -0.588. The fourth-order valence-corrected chi connectivity index (χ4v) is 23.4. The quantitative estimate of drug-likeness (QED) is 0.129. The Bertz CT molecular complexity index is 7600. The van der Waals surface area contributed by atoms with Gasteiger partial charge in [-0.1, -0.05) is 72.8 Å². The maximum absolute atomic E-state index is 6.70. The molecule has 9 aromatic carbocycles. The van der Waals surface area contributed by atoms with Crippen LogP contribution in [0.2, 0.25) is 0 Å². The molecule has 15 heteroatoms. The van der Waals surface area contributed by atoms with Gasteiger partial charge in [-0.25, -0.2) is 4.98 Å². The molecule has 546 valence electrons. The van der Waals surface area contributed by atoms with E-state index < -0.39 is 17.0 Å². The molecular formula is C102H66N12O3+6. The largest absolute Gasteiger partial charge is 0.456 e. The van der Waals surface area contributed by atoms with E-state index in [1.165, 1.54) is 167 Å². The van der Waals surface area contributed by atoms with Crippen molar-refractivity contribution in [2.45, 2.75) is 58.5 Å². The third kappa shape index (κ3) is 6.91. The zero-order chi connectivity index (χ0) is 76.9. The van der Waals surface area contributed by atoms with Crippen LogP contribution in [0.4, 0.5) is 0 Å². The van der Waals surface area contributed by atoms with Gasteiger partial charge in [-0.3, -0.25) is 9.97 Å². The van der Waals surface area contributed by atoms with Crippen LogP contribution in [0, 0.1) is 41.5 Å². The number of hydrogen-bond acceptors (Lipinski definition) is 6. The van der Waals surface area contributed by atoms with Crippen molar-refractivity contribution in [2.75, 3.05) is 0 Å². The molecule has 12 aromatic heterocycles. The van der Waals surface area contributed by atoms with Crippen LogP contribution in [0.1, 0.15) is 66.8 Å². The van der Waals surface area contributed by atoms with Crippen molar-refractivity contribution in [2.24, 2.45) is 0 Å². The summed E-state index contributed by atoms with van der Waals surface area (Å²) in [5, 5.41) is 9.52. The van der Waals surface area contributed by atoms with Gasteiger partial charge in [0.05, 0.1) is 38.2 Å². The second kappa shape index (κ2) is 21.0. The average Bonchev–Trinajstić information content (AvgIpc) is 1.48. The molecule has 21 heterocycles. The number of aryl methyl sites for hydroxylation is 6. The van der Waals surface area contributed by atoms with Gasteiger partial charge in [0.2, 0.25) is 22.7 Å². The van der Waals surface area contributed by atoms with Crippen LogP contribution in [0.5, 0.6) is 34.5 Å². The van der Waals surface area contributed by atoms with E-state index in [0.717, 1.165) is 84.2 Å². The summed E-state index contributed by atoms with van der Waals surface area (Å²) in [5.41, 5.74) is 35.4. The maximum Gasteiger partial charge on any atom is 0.371 e. The second-order valence-electron chi connectivity index (χ2n) is 32.9. The third-order valence-corrected chi connectivity index (χ3v) is 27.4. The van der Waals surface area contributed by atoms with Crippen molar-refractivity contribution in [3.8, 4) is 102 Å². The molecule has 3 spiro atoms. The van der Waals surface area contributed by atoms with Gasteiger partial charge in [-0.05, 0) is 190 Å². The lowest BCUT2D eigenvalue weighted by molar-refractivity contribution is -0.950. The number of ether oxygens (including phenoxy) is 3. The van der Waals surface area contributed by atoms with Crippen molar-refractivity contribution in [1.82, 2.24) is 28.2 Å². The second-order valence-corrected chi connectivity index (χ2v) is 32.9. The van der Waals surface area contributed by atoms with Gasteiger partial charge in [0.15, 0.2) is 41.2 Å². The number of pyridine rings is 9. The van der Waals surface area contributed by atoms with Gasteiger partial charge in [-0.15, -0.1) is 13.7 Å². The summed E-state index contributed by atoms with van der Waals surface area (Å²) in [6, 6.07) is 82.3. The minimum Gasteiger partial charge on any atom is -0.456 e.